The lowest BCUT2D eigenvalue weighted by Gasteiger charge is -2.31. The van der Waals surface area contributed by atoms with Gasteiger partial charge in [-0.1, -0.05) is 18.5 Å². The van der Waals surface area contributed by atoms with Gasteiger partial charge in [-0.25, -0.2) is 0 Å². The van der Waals surface area contributed by atoms with Gasteiger partial charge in [0.25, 0.3) is 5.91 Å². The molecule has 1 aliphatic rings. The predicted octanol–water partition coefficient (Wildman–Crippen LogP) is 1.60. The van der Waals surface area contributed by atoms with Gasteiger partial charge in [-0.05, 0) is 37.2 Å². The SMILES string of the molecule is CC(C(=O)Nc1ccc(OCC(=O)N(C)C)c(Cl)c1)C1CNC1. The van der Waals surface area contributed by atoms with Crippen molar-refractivity contribution in [3.8, 4) is 5.75 Å². The lowest BCUT2D eigenvalue weighted by Crippen LogP contribution is -2.48. The fourth-order valence-corrected chi connectivity index (χ4v) is 2.33. The van der Waals surface area contributed by atoms with Gasteiger partial charge in [-0.3, -0.25) is 9.59 Å². The van der Waals surface area contributed by atoms with Crippen LogP contribution in [0.1, 0.15) is 6.92 Å². The molecule has 6 nitrogen and oxygen atoms in total. The average Bonchev–Trinajstić information content (AvgIpc) is 2.44. The summed E-state index contributed by atoms with van der Waals surface area (Å²) in [4.78, 5) is 25.1. The van der Waals surface area contributed by atoms with Crippen LogP contribution in [0.4, 0.5) is 5.69 Å². The Morgan fingerprint density at radius 2 is 2.13 bits per heavy atom. The number of amides is 2. The largest absolute Gasteiger partial charge is 0.482 e. The number of likely N-dealkylation sites (N-methyl/N-ethyl adjacent to an activating group) is 1. The van der Waals surface area contributed by atoms with E-state index in [1.54, 1.807) is 32.3 Å². The zero-order valence-electron chi connectivity index (χ0n) is 13.6. The number of carbonyl (C=O) groups excluding carboxylic acids is 2. The second kappa shape index (κ2) is 7.66. The minimum absolute atomic E-state index is 0.0241. The van der Waals surface area contributed by atoms with Crippen molar-refractivity contribution in [2.75, 3.05) is 39.1 Å². The smallest absolute Gasteiger partial charge is 0.259 e. The number of anilines is 1. The summed E-state index contributed by atoms with van der Waals surface area (Å²) in [5.74, 6) is 0.565. The molecule has 23 heavy (non-hydrogen) atoms. The standard InChI is InChI=1S/C16H22ClN3O3/c1-10(11-7-18-8-11)16(22)19-12-4-5-14(13(17)6-12)23-9-15(21)20(2)3/h4-6,10-11,18H,7-9H2,1-3H3,(H,19,22). The van der Waals surface area contributed by atoms with Crippen molar-refractivity contribution in [1.82, 2.24) is 10.2 Å². The molecule has 0 spiro atoms. The second-order valence-corrected chi connectivity index (χ2v) is 6.33. The second-order valence-electron chi connectivity index (χ2n) is 5.92. The van der Waals surface area contributed by atoms with Crippen molar-refractivity contribution in [2.24, 2.45) is 11.8 Å². The highest BCUT2D eigenvalue weighted by Crippen LogP contribution is 2.28. The molecule has 1 fully saturated rings. The van der Waals surface area contributed by atoms with Crippen LogP contribution in [0.2, 0.25) is 5.02 Å². The number of hydrogen-bond donors (Lipinski definition) is 2. The van der Waals surface area contributed by atoms with Gasteiger partial charge in [0.2, 0.25) is 5.91 Å². The summed E-state index contributed by atoms with van der Waals surface area (Å²) >= 11 is 6.15. The Morgan fingerprint density at radius 1 is 1.43 bits per heavy atom. The van der Waals surface area contributed by atoms with Gasteiger partial charge in [0.05, 0.1) is 5.02 Å². The first-order chi connectivity index (χ1) is 10.9. The highest BCUT2D eigenvalue weighted by Gasteiger charge is 2.28. The van der Waals surface area contributed by atoms with E-state index in [-0.39, 0.29) is 24.3 Å². The molecule has 0 radical (unpaired) electrons. The number of nitrogens with one attached hydrogen (secondary N) is 2. The first kappa shape index (κ1) is 17.6. The molecule has 0 saturated carbocycles. The van der Waals surface area contributed by atoms with Crippen LogP contribution in [0.3, 0.4) is 0 Å². The number of rotatable bonds is 6. The highest BCUT2D eigenvalue weighted by molar-refractivity contribution is 6.32. The molecule has 0 bridgehead atoms. The van der Waals surface area contributed by atoms with E-state index in [4.69, 9.17) is 16.3 Å². The quantitative estimate of drug-likeness (QED) is 0.826. The fourth-order valence-electron chi connectivity index (χ4n) is 2.10. The number of benzene rings is 1. The van der Waals surface area contributed by atoms with Gasteiger partial charge < -0.3 is 20.3 Å². The molecule has 2 rings (SSSR count). The van der Waals surface area contributed by atoms with E-state index in [0.29, 0.717) is 22.4 Å². The normalized spacial score (nSPS) is 15.5. The van der Waals surface area contributed by atoms with Gasteiger partial charge >= 0.3 is 0 Å². The maximum absolute atomic E-state index is 12.2. The maximum atomic E-state index is 12.2. The third-order valence-corrected chi connectivity index (χ3v) is 4.28. The highest BCUT2D eigenvalue weighted by atomic mass is 35.5. The Balaban J connectivity index is 1.93. The molecule has 1 saturated heterocycles. The van der Waals surface area contributed by atoms with Crippen molar-refractivity contribution in [1.29, 1.82) is 0 Å². The van der Waals surface area contributed by atoms with E-state index in [2.05, 4.69) is 10.6 Å². The fraction of sp³-hybridized carbons (Fsp3) is 0.500. The summed E-state index contributed by atoms with van der Waals surface area (Å²) in [6.07, 6.45) is 0. The molecule has 1 aliphatic heterocycles. The number of carbonyl (C=O) groups is 2. The van der Waals surface area contributed by atoms with E-state index in [0.717, 1.165) is 13.1 Å². The molecular formula is C16H22ClN3O3. The first-order valence-corrected chi connectivity index (χ1v) is 7.90. The van der Waals surface area contributed by atoms with Crippen LogP contribution in [0.5, 0.6) is 5.75 Å². The van der Waals surface area contributed by atoms with E-state index in [1.807, 2.05) is 6.92 Å². The topological polar surface area (TPSA) is 70.7 Å². The molecule has 2 N–H and O–H groups in total. The molecule has 1 unspecified atom stereocenters. The number of halogens is 1. The van der Waals surface area contributed by atoms with E-state index in [1.165, 1.54) is 4.90 Å². The predicted molar refractivity (Wildman–Crippen MR) is 89.8 cm³/mol. The van der Waals surface area contributed by atoms with Crippen molar-refractivity contribution in [2.45, 2.75) is 6.92 Å². The summed E-state index contributed by atoms with van der Waals surface area (Å²) in [6, 6.07) is 4.99. The number of hydrogen-bond acceptors (Lipinski definition) is 4. The van der Waals surface area contributed by atoms with E-state index >= 15 is 0 Å². The summed E-state index contributed by atoms with van der Waals surface area (Å²) in [7, 11) is 3.31. The van der Waals surface area contributed by atoms with Crippen molar-refractivity contribution in [3.05, 3.63) is 23.2 Å². The monoisotopic (exact) mass is 339 g/mol. The maximum Gasteiger partial charge on any atom is 0.259 e. The van der Waals surface area contributed by atoms with Crippen LogP contribution >= 0.6 is 11.6 Å². The Labute approximate surface area is 141 Å². The average molecular weight is 340 g/mol. The van der Waals surface area contributed by atoms with Gasteiger partial charge in [0.15, 0.2) is 6.61 Å². The minimum Gasteiger partial charge on any atom is -0.482 e. The van der Waals surface area contributed by atoms with E-state index in [9.17, 15) is 9.59 Å². The molecule has 126 valence electrons. The van der Waals surface area contributed by atoms with Crippen molar-refractivity contribution in [3.63, 3.8) is 0 Å². The summed E-state index contributed by atoms with van der Waals surface area (Å²) in [5, 5.41) is 6.37. The van der Waals surface area contributed by atoms with E-state index < -0.39 is 0 Å². The third-order valence-electron chi connectivity index (χ3n) is 3.98. The molecule has 7 heteroatoms. The molecule has 0 aromatic heterocycles. The first-order valence-electron chi connectivity index (χ1n) is 7.52. The Kier molecular flexibility index (Phi) is 5.85. The van der Waals surface area contributed by atoms with Gasteiger partial charge in [-0.15, -0.1) is 0 Å². The van der Waals surface area contributed by atoms with Crippen LogP contribution in [-0.4, -0.2) is 50.5 Å². The number of ether oxygens (including phenoxy) is 1. The Bertz CT molecular complexity index is 588. The van der Waals surface area contributed by atoms with Gasteiger partial charge in [0, 0.05) is 25.7 Å². The Morgan fingerprint density at radius 3 is 2.65 bits per heavy atom. The van der Waals surface area contributed by atoms with Crippen molar-refractivity contribution < 1.29 is 14.3 Å². The van der Waals surface area contributed by atoms with Crippen LogP contribution in [0.25, 0.3) is 0 Å². The lowest BCUT2D eigenvalue weighted by molar-refractivity contribution is -0.130. The van der Waals surface area contributed by atoms with Crippen LogP contribution in [0.15, 0.2) is 18.2 Å². The van der Waals surface area contributed by atoms with Crippen LogP contribution in [0, 0.1) is 11.8 Å². The third kappa shape index (κ3) is 4.59. The zero-order valence-corrected chi connectivity index (χ0v) is 14.3. The summed E-state index contributed by atoms with van der Waals surface area (Å²) in [6.45, 7) is 3.60. The molecular weight excluding hydrogens is 318 g/mol. The molecule has 1 heterocycles. The Hall–Kier alpha value is -1.79. The van der Waals surface area contributed by atoms with Gasteiger partial charge in [0.1, 0.15) is 5.75 Å². The molecule has 2 amide bonds. The van der Waals surface area contributed by atoms with Gasteiger partial charge in [-0.2, -0.15) is 0 Å². The zero-order chi connectivity index (χ0) is 17.0. The summed E-state index contributed by atoms with van der Waals surface area (Å²) in [5.41, 5.74) is 0.616. The lowest BCUT2D eigenvalue weighted by atomic mass is 9.88. The number of nitrogens with zero attached hydrogens (tertiary/aromatic N) is 1. The molecule has 0 aliphatic carbocycles. The molecule has 1 atom stereocenters. The van der Waals surface area contributed by atoms with Crippen molar-refractivity contribution >= 4 is 29.1 Å². The minimum atomic E-state index is -0.152. The van der Waals surface area contributed by atoms with Crippen LogP contribution < -0.4 is 15.4 Å². The molecule has 1 aromatic rings. The summed E-state index contributed by atoms with van der Waals surface area (Å²) < 4.78 is 5.39. The van der Waals surface area contributed by atoms with Crippen LogP contribution in [-0.2, 0) is 9.59 Å². The molecule has 1 aromatic carbocycles.